The maximum Gasteiger partial charge on any atom is 0.100 e. The number of aryl methyl sites for hydroxylation is 1. The minimum absolute atomic E-state index is 1.06. The van der Waals surface area contributed by atoms with Gasteiger partial charge in [0.1, 0.15) is 5.84 Å². The Morgan fingerprint density at radius 1 is 1.23 bits per heavy atom. The number of hydrogen-bond acceptors (Lipinski definition) is 1. The van der Waals surface area contributed by atoms with Crippen molar-refractivity contribution in [1.82, 2.24) is 0 Å². The van der Waals surface area contributed by atoms with E-state index >= 15 is 0 Å². The van der Waals surface area contributed by atoms with Crippen molar-refractivity contribution in [2.75, 3.05) is 12.4 Å². The van der Waals surface area contributed by atoms with E-state index in [0.29, 0.717) is 0 Å². The predicted octanol–water partition coefficient (Wildman–Crippen LogP) is 2.46. The van der Waals surface area contributed by atoms with Gasteiger partial charge in [-0.1, -0.05) is 18.2 Å². The first-order valence-corrected chi connectivity index (χ1v) is 4.71. The summed E-state index contributed by atoms with van der Waals surface area (Å²) in [5, 5.41) is 3.36. The molecule has 0 fully saturated rings. The average molecular weight is 174 g/mol. The first kappa shape index (κ1) is 8.30. The molecule has 1 heterocycles. The number of aliphatic imine (C=N–C) groups is 1. The lowest BCUT2D eigenvalue weighted by Gasteiger charge is -2.07. The van der Waals surface area contributed by atoms with Crippen molar-refractivity contribution in [1.29, 1.82) is 0 Å². The zero-order valence-electron chi connectivity index (χ0n) is 7.88. The Morgan fingerprint density at radius 2 is 2.08 bits per heavy atom. The monoisotopic (exact) mass is 174 g/mol. The van der Waals surface area contributed by atoms with Crippen LogP contribution in [0.25, 0.3) is 0 Å². The van der Waals surface area contributed by atoms with Crippen LogP contribution >= 0.6 is 0 Å². The summed E-state index contributed by atoms with van der Waals surface area (Å²) in [6.07, 6.45) is 3.41. The number of anilines is 1. The third-order valence-corrected chi connectivity index (χ3v) is 2.43. The number of hydrogen-bond donors (Lipinski definition) is 1. The Hall–Kier alpha value is -1.31. The van der Waals surface area contributed by atoms with Crippen molar-refractivity contribution in [2.45, 2.75) is 19.3 Å². The lowest BCUT2D eigenvalue weighted by Crippen LogP contribution is -2.09. The molecule has 0 saturated heterocycles. The second kappa shape index (κ2) is 3.60. The number of nitrogens with zero attached hydrogens (tertiary/aromatic N) is 1. The molecule has 1 aromatic rings. The first-order chi connectivity index (χ1) is 6.40. The normalized spacial score (nSPS) is 19.0. The lowest BCUT2D eigenvalue weighted by atomic mass is 10.1. The fourth-order valence-corrected chi connectivity index (χ4v) is 1.69. The van der Waals surface area contributed by atoms with Crippen LogP contribution < -0.4 is 5.32 Å². The smallest absolute Gasteiger partial charge is 0.100 e. The Bertz CT molecular complexity index is 329. The highest BCUT2D eigenvalue weighted by atomic mass is 15.0. The summed E-state index contributed by atoms with van der Waals surface area (Å²) in [6.45, 7) is 0. The van der Waals surface area contributed by atoms with Crippen LogP contribution in [0.15, 0.2) is 29.3 Å². The molecular formula is C11H14N2. The molecule has 0 amide bonds. The molecule has 2 nitrogen and oxygen atoms in total. The molecular weight excluding hydrogens is 160 g/mol. The van der Waals surface area contributed by atoms with Gasteiger partial charge in [0.2, 0.25) is 0 Å². The van der Waals surface area contributed by atoms with Crippen LogP contribution in [-0.2, 0) is 6.42 Å². The second-order valence-electron chi connectivity index (χ2n) is 3.31. The van der Waals surface area contributed by atoms with Crippen molar-refractivity contribution in [2.24, 2.45) is 4.99 Å². The number of fused-ring (bicyclic) bond motifs is 1. The molecule has 0 aliphatic carbocycles. The summed E-state index contributed by atoms with van der Waals surface area (Å²) in [4.78, 5) is 4.21. The SMILES string of the molecule is CN=C1CCCc2ccccc2N1. The van der Waals surface area contributed by atoms with Crippen molar-refractivity contribution in [3.8, 4) is 0 Å². The van der Waals surface area contributed by atoms with Crippen molar-refractivity contribution in [3.63, 3.8) is 0 Å². The van der Waals surface area contributed by atoms with E-state index in [0.717, 1.165) is 18.7 Å². The summed E-state index contributed by atoms with van der Waals surface area (Å²) in [5.74, 6) is 1.10. The van der Waals surface area contributed by atoms with E-state index in [-0.39, 0.29) is 0 Å². The summed E-state index contributed by atoms with van der Waals surface area (Å²) in [7, 11) is 1.84. The molecule has 0 saturated carbocycles. The number of nitrogens with one attached hydrogen (secondary N) is 1. The van der Waals surface area contributed by atoms with Crippen LogP contribution in [0.4, 0.5) is 5.69 Å². The molecule has 13 heavy (non-hydrogen) atoms. The van der Waals surface area contributed by atoms with Crippen LogP contribution in [0.2, 0.25) is 0 Å². The maximum absolute atomic E-state index is 4.21. The van der Waals surface area contributed by atoms with E-state index in [1.54, 1.807) is 0 Å². The maximum atomic E-state index is 4.21. The van der Waals surface area contributed by atoms with Gasteiger partial charge in [-0.3, -0.25) is 4.99 Å². The number of benzene rings is 1. The molecule has 0 aromatic heterocycles. The molecule has 1 aromatic carbocycles. The first-order valence-electron chi connectivity index (χ1n) is 4.71. The summed E-state index contributed by atoms with van der Waals surface area (Å²) in [6, 6.07) is 8.45. The van der Waals surface area contributed by atoms with E-state index in [4.69, 9.17) is 0 Å². The molecule has 0 radical (unpaired) electrons. The number of para-hydroxylation sites is 1. The quantitative estimate of drug-likeness (QED) is 0.642. The second-order valence-corrected chi connectivity index (χ2v) is 3.31. The molecule has 1 aliphatic rings. The standard InChI is InChI=1S/C11H14N2/c1-12-11-8-4-6-9-5-2-3-7-10(9)13-11/h2-3,5,7H,4,6,8H2,1H3,(H,12,13). The van der Waals surface area contributed by atoms with Gasteiger partial charge >= 0.3 is 0 Å². The minimum Gasteiger partial charge on any atom is -0.344 e. The van der Waals surface area contributed by atoms with Gasteiger partial charge in [0, 0.05) is 19.2 Å². The molecule has 0 atom stereocenters. The lowest BCUT2D eigenvalue weighted by molar-refractivity contribution is 0.877. The third kappa shape index (κ3) is 1.72. The van der Waals surface area contributed by atoms with E-state index in [9.17, 15) is 0 Å². The summed E-state index contributed by atoms with van der Waals surface area (Å²) in [5.41, 5.74) is 2.63. The highest BCUT2D eigenvalue weighted by Crippen LogP contribution is 2.21. The Kier molecular flexibility index (Phi) is 2.30. The molecule has 1 aliphatic heterocycles. The van der Waals surface area contributed by atoms with Gasteiger partial charge in [0.15, 0.2) is 0 Å². The Labute approximate surface area is 78.7 Å². The van der Waals surface area contributed by atoms with Gasteiger partial charge in [-0.2, -0.15) is 0 Å². The van der Waals surface area contributed by atoms with Gasteiger partial charge in [-0.05, 0) is 24.5 Å². The largest absolute Gasteiger partial charge is 0.344 e. The molecule has 2 rings (SSSR count). The van der Waals surface area contributed by atoms with Crippen LogP contribution in [0.1, 0.15) is 18.4 Å². The van der Waals surface area contributed by atoms with E-state index < -0.39 is 0 Å². The fraction of sp³-hybridized carbons (Fsp3) is 0.364. The summed E-state index contributed by atoms with van der Waals surface area (Å²) < 4.78 is 0. The van der Waals surface area contributed by atoms with Crippen LogP contribution in [0, 0.1) is 0 Å². The number of rotatable bonds is 0. The van der Waals surface area contributed by atoms with E-state index in [2.05, 4.69) is 34.6 Å². The average Bonchev–Trinajstić information content (AvgIpc) is 2.38. The van der Waals surface area contributed by atoms with E-state index in [1.807, 2.05) is 7.05 Å². The molecule has 68 valence electrons. The van der Waals surface area contributed by atoms with Gasteiger partial charge in [0.25, 0.3) is 0 Å². The fourth-order valence-electron chi connectivity index (χ4n) is 1.69. The van der Waals surface area contributed by atoms with Crippen LogP contribution in [-0.4, -0.2) is 12.9 Å². The van der Waals surface area contributed by atoms with Gasteiger partial charge < -0.3 is 5.32 Å². The number of amidine groups is 1. The molecule has 2 heteroatoms. The summed E-state index contributed by atoms with van der Waals surface area (Å²) >= 11 is 0. The highest BCUT2D eigenvalue weighted by Gasteiger charge is 2.09. The van der Waals surface area contributed by atoms with Crippen molar-refractivity contribution in [3.05, 3.63) is 29.8 Å². The van der Waals surface area contributed by atoms with Crippen LogP contribution in [0.3, 0.4) is 0 Å². The zero-order chi connectivity index (χ0) is 9.10. The van der Waals surface area contributed by atoms with Gasteiger partial charge in [-0.15, -0.1) is 0 Å². The molecule has 0 bridgehead atoms. The predicted molar refractivity (Wildman–Crippen MR) is 56.4 cm³/mol. The van der Waals surface area contributed by atoms with E-state index in [1.165, 1.54) is 17.7 Å². The zero-order valence-corrected chi connectivity index (χ0v) is 7.88. The van der Waals surface area contributed by atoms with Gasteiger partial charge in [0.05, 0.1) is 0 Å². The molecule has 0 spiro atoms. The molecule has 0 unspecified atom stereocenters. The topological polar surface area (TPSA) is 24.4 Å². The third-order valence-electron chi connectivity index (χ3n) is 2.43. The van der Waals surface area contributed by atoms with Gasteiger partial charge in [-0.25, -0.2) is 0 Å². The minimum atomic E-state index is 1.06. The Morgan fingerprint density at radius 3 is 2.92 bits per heavy atom. The van der Waals surface area contributed by atoms with Crippen molar-refractivity contribution < 1.29 is 0 Å². The highest BCUT2D eigenvalue weighted by molar-refractivity contribution is 5.96. The molecule has 1 N–H and O–H groups in total. The Balaban J connectivity index is 2.34. The van der Waals surface area contributed by atoms with Crippen LogP contribution in [0.5, 0.6) is 0 Å². The van der Waals surface area contributed by atoms with Crippen molar-refractivity contribution >= 4 is 11.5 Å².